The van der Waals surface area contributed by atoms with Crippen molar-refractivity contribution in [2.75, 3.05) is 20.8 Å². The first-order valence-corrected chi connectivity index (χ1v) is 5.52. The van der Waals surface area contributed by atoms with Gasteiger partial charge in [-0.1, -0.05) is 0 Å². The number of esters is 1. The van der Waals surface area contributed by atoms with Crippen LogP contribution >= 0.6 is 7.60 Å². The van der Waals surface area contributed by atoms with Gasteiger partial charge in [0.2, 0.25) is 0 Å². The van der Waals surface area contributed by atoms with Crippen LogP contribution in [0.5, 0.6) is 0 Å². The summed E-state index contributed by atoms with van der Waals surface area (Å²) in [5.74, 6) is -0.390. The van der Waals surface area contributed by atoms with Crippen molar-refractivity contribution < 1.29 is 23.1 Å². The first kappa shape index (κ1) is 13.4. The molecular formula is C8H15O5P. The van der Waals surface area contributed by atoms with E-state index in [1.54, 1.807) is 6.92 Å². The van der Waals surface area contributed by atoms with Crippen LogP contribution in [0.15, 0.2) is 11.4 Å². The Hall–Kier alpha value is -0.640. The maximum absolute atomic E-state index is 11.7. The Kier molecular flexibility index (Phi) is 5.69. The van der Waals surface area contributed by atoms with E-state index >= 15 is 0 Å². The van der Waals surface area contributed by atoms with Crippen LogP contribution in [0, 0.1) is 0 Å². The lowest BCUT2D eigenvalue weighted by Gasteiger charge is -2.13. The average Bonchev–Trinajstić information content (AvgIpc) is 2.15. The number of ether oxygens (including phenoxy) is 1. The molecule has 0 atom stereocenters. The van der Waals surface area contributed by atoms with Crippen LogP contribution in [-0.2, 0) is 23.1 Å². The molecule has 0 amide bonds. The summed E-state index contributed by atoms with van der Waals surface area (Å²) in [5.41, 5.74) is 0. The highest BCUT2D eigenvalue weighted by atomic mass is 31.2. The van der Waals surface area contributed by atoms with E-state index in [1.165, 1.54) is 27.2 Å². The SMILES string of the molecule is COP(=O)(OC)/C(C)=C\COC(C)=O. The fraction of sp³-hybridized carbons (Fsp3) is 0.625. The monoisotopic (exact) mass is 222 g/mol. The molecule has 0 rings (SSSR count). The van der Waals surface area contributed by atoms with Crippen LogP contribution < -0.4 is 0 Å². The summed E-state index contributed by atoms with van der Waals surface area (Å²) < 4.78 is 25.8. The molecule has 0 aromatic rings. The summed E-state index contributed by atoms with van der Waals surface area (Å²) in [6.07, 6.45) is 1.50. The standard InChI is InChI=1S/C8H15O5P/c1-7(5-6-13-8(2)9)14(10,11-3)12-4/h5H,6H2,1-4H3/b7-5-. The number of allylic oxidation sites excluding steroid dienone is 1. The molecule has 82 valence electrons. The van der Waals surface area contributed by atoms with Crippen LogP contribution in [-0.4, -0.2) is 26.8 Å². The number of hydrogen-bond donors (Lipinski definition) is 0. The van der Waals surface area contributed by atoms with E-state index in [0.29, 0.717) is 5.31 Å². The molecule has 0 aromatic carbocycles. The van der Waals surface area contributed by atoms with Gasteiger partial charge >= 0.3 is 13.6 Å². The van der Waals surface area contributed by atoms with Crippen molar-refractivity contribution in [2.45, 2.75) is 13.8 Å². The zero-order valence-corrected chi connectivity index (χ0v) is 9.67. The molecule has 0 aliphatic heterocycles. The van der Waals surface area contributed by atoms with E-state index in [-0.39, 0.29) is 6.61 Å². The van der Waals surface area contributed by atoms with Gasteiger partial charge in [0.15, 0.2) is 0 Å². The maximum Gasteiger partial charge on any atom is 0.356 e. The fourth-order valence-corrected chi connectivity index (χ4v) is 1.78. The van der Waals surface area contributed by atoms with Gasteiger partial charge in [-0.05, 0) is 13.0 Å². The Labute approximate surface area is 83.6 Å². The van der Waals surface area contributed by atoms with E-state index in [4.69, 9.17) is 9.05 Å². The highest BCUT2D eigenvalue weighted by Crippen LogP contribution is 2.54. The zero-order chi connectivity index (χ0) is 11.2. The Balaban J connectivity index is 4.36. The van der Waals surface area contributed by atoms with Gasteiger partial charge in [0.1, 0.15) is 6.61 Å². The van der Waals surface area contributed by atoms with E-state index in [2.05, 4.69) is 4.74 Å². The lowest BCUT2D eigenvalue weighted by Crippen LogP contribution is -1.99. The molecule has 0 heterocycles. The highest BCUT2D eigenvalue weighted by Gasteiger charge is 2.23. The Bertz CT molecular complexity index is 263. The first-order valence-electron chi connectivity index (χ1n) is 3.98. The minimum atomic E-state index is -3.16. The van der Waals surface area contributed by atoms with Gasteiger partial charge in [-0.2, -0.15) is 0 Å². The van der Waals surface area contributed by atoms with E-state index < -0.39 is 13.6 Å². The molecule has 0 aromatic heterocycles. The molecule has 14 heavy (non-hydrogen) atoms. The lowest BCUT2D eigenvalue weighted by molar-refractivity contribution is -0.139. The van der Waals surface area contributed by atoms with Gasteiger partial charge < -0.3 is 13.8 Å². The largest absolute Gasteiger partial charge is 0.462 e. The molecule has 6 heteroatoms. The molecule has 0 bridgehead atoms. The summed E-state index contributed by atoms with van der Waals surface area (Å²) in [7, 11) is -0.564. The Morgan fingerprint density at radius 2 is 1.79 bits per heavy atom. The second-order valence-corrected chi connectivity index (χ2v) is 4.94. The van der Waals surface area contributed by atoms with Crippen LogP contribution in [0.4, 0.5) is 0 Å². The number of carbonyl (C=O) groups excluding carboxylic acids is 1. The minimum absolute atomic E-state index is 0.0673. The second kappa shape index (κ2) is 5.96. The quantitative estimate of drug-likeness (QED) is 0.525. The van der Waals surface area contributed by atoms with Crippen molar-refractivity contribution in [2.24, 2.45) is 0 Å². The van der Waals surface area contributed by atoms with Gasteiger partial charge in [0.05, 0.1) is 0 Å². The van der Waals surface area contributed by atoms with Crippen molar-refractivity contribution in [3.63, 3.8) is 0 Å². The molecule has 0 unspecified atom stereocenters. The molecular weight excluding hydrogens is 207 g/mol. The Morgan fingerprint density at radius 3 is 2.14 bits per heavy atom. The smallest absolute Gasteiger partial charge is 0.356 e. The first-order chi connectivity index (χ1) is 6.46. The summed E-state index contributed by atoms with van der Waals surface area (Å²) in [6, 6.07) is 0. The fourth-order valence-electron chi connectivity index (χ4n) is 0.754. The molecule has 0 aliphatic rings. The third-order valence-electron chi connectivity index (χ3n) is 1.58. The molecule has 0 saturated heterocycles. The molecule has 5 nitrogen and oxygen atoms in total. The van der Waals surface area contributed by atoms with Crippen LogP contribution in [0.25, 0.3) is 0 Å². The predicted octanol–water partition coefficient (Wildman–Crippen LogP) is 1.94. The molecule has 0 radical (unpaired) electrons. The maximum atomic E-state index is 11.7. The molecule has 0 N–H and O–H groups in total. The number of hydrogen-bond acceptors (Lipinski definition) is 5. The average molecular weight is 222 g/mol. The van der Waals surface area contributed by atoms with E-state index in [0.717, 1.165) is 0 Å². The van der Waals surface area contributed by atoms with Crippen molar-refractivity contribution in [1.82, 2.24) is 0 Å². The van der Waals surface area contributed by atoms with Crippen molar-refractivity contribution in [3.8, 4) is 0 Å². The molecule has 0 aliphatic carbocycles. The van der Waals surface area contributed by atoms with E-state index in [1.807, 2.05) is 0 Å². The topological polar surface area (TPSA) is 61.8 Å². The van der Waals surface area contributed by atoms with Crippen LogP contribution in [0.2, 0.25) is 0 Å². The number of rotatable bonds is 5. The van der Waals surface area contributed by atoms with E-state index in [9.17, 15) is 9.36 Å². The van der Waals surface area contributed by atoms with Gasteiger partial charge in [-0.3, -0.25) is 9.36 Å². The zero-order valence-electron chi connectivity index (χ0n) is 8.77. The molecule has 0 saturated carbocycles. The van der Waals surface area contributed by atoms with Gasteiger partial charge in [-0.25, -0.2) is 0 Å². The van der Waals surface area contributed by atoms with Crippen LogP contribution in [0.3, 0.4) is 0 Å². The minimum Gasteiger partial charge on any atom is -0.462 e. The van der Waals surface area contributed by atoms with Gasteiger partial charge in [-0.15, -0.1) is 0 Å². The molecule has 0 spiro atoms. The highest BCUT2D eigenvalue weighted by molar-refractivity contribution is 7.58. The molecule has 0 fully saturated rings. The summed E-state index contributed by atoms with van der Waals surface area (Å²) in [6.45, 7) is 2.96. The third kappa shape index (κ3) is 4.05. The Morgan fingerprint density at radius 1 is 1.29 bits per heavy atom. The van der Waals surface area contributed by atoms with Crippen molar-refractivity contribution in [3.05, 3.63) is 11.4 Å². The third-order valence-corrected chi connectivity index (χ3v) is 3.59. The van der Waals surface area contributed by atoms with Gasteiger partial charge in [0.25, 0.3) is 0 Å². The normalized spacial score (nSPS) is 12.7. The summed E-state index contributed by atoms with van der Waals surface area (Å²) in [5, 5.41) is 0.420. The summed E-state index contributed by atoms with van der Waals surface area (Å²) >= 11 is 0. The van der Waals surface area contributed by atoms with Crippen molar-refractivity contribution in [1.29, 1.82) is 0 Å². The number of carbonyl (C=O) groups is 1. The second-order valence-electron chi connectivity index (χ2n) is 2.51. The van der Waals surface area contributed by atoms with Gasteiger partial charge in [0, 0.05) is 26.5 Å². The summed E-state index contributed by atoms with van der Waals surface area (Å²) in [4.78, 5) is 10.4. The van der Waals surface area contributed by atoms with Crippen molar-refractivity contribution >= 4 is 13.6 Å². The lowest BCUT2D eigenvalue weighted by atomic mass is 10.5. The predicted molar refractivity (Wildman–Crippen MR) is 52.0 cm³/mol. The van der Waals surface area contributed by atoms with Crippen LogP contribution in [0.1, 0.15) is 13.8 Å².